The van der Waals surface area contributed by atoms with Gasteiger partial charge in [0.05, 0.1) is 12.5 Å². The fourth-order valence-electron chi connectivity index (χ4n) is 3.21. The number of aldehydes is 1. The van der Waals surface area contributed by atoms with Gasteiger partial charge in [-0.25, -0.2) is 5.84 Å². The molecule has 2 rings (SSSR count). The van der Waals surface area contributed by atoms with Crippen molar-refractivity contribution in [1.29, 1.82) is 0 Å². The lowest BCUT2D eigenvalue weighted by molar-refractivity contribution is -0.105. The van der Waals surface area contributed by atoms with Crippen molar-refractivity contribution in [2.45, 2.75) is 52.0 Å². The molecular formula is C23H30N4O2. The van der Waals surface area contributed by atoms with Gasteiger partial charge < -0.3 is 4.42 Å². The molecule has 1 atom stereocenters. The van der Waals surface area contributed by atoms with Crippen molar-refractivity contribution >= 4 is 12.3 Å². The van der Waals surface area contributed by atoms with Gasteiger partial charge in [0.1, 0.15) is 6.29 Å². The molecule has 0 amide bonds. The third kappa shape index (κ3) is 6.26. The van der Waals surface area contributed by atoms with Crippen LogP contribution in [0.1, 0.15) is 56.9 Å². The van der Waals surface area contributed by atoms with Crippen LogP contribution in [0.5, 0.6) is 0 Å². The van der Waals surface area contributed by atoms with Crippen molar-refractivity contribution in [3.63, 3.8) is 0 Å². The lowest BCUT2D eigenvalue weighted by atomic mass is 9.89. The van der Waals surface area contributed by atoms with Gasteiger partial charge in [0, 0.05) is 0 Å². The summed E-state index contributed by atoms with van der Waals surface area (Å²) in [6.07, 6.45) is 9.77. The minimum atomic E-state index is -0.185. The molecule has 1 heterocycles. The number of nitrogens with two attached hydrogens (primary N) is 1. The molecule has 0 aliphatic carbocycles. The third-order valence-corrected chi connectivity index (χ3v) is 4.67. The van der Waals surface area contributed by atoms with Crippen LogP contribution >= 0.6 is 0 Å². The summed E-state index contributed by atoms with van der Waals surface area (Å²) in [5.74, 6) is 6.40. The minimum Gasteiger partial charge on any atom is -0.406 e. The van der Waals surface area contributed by atoms with Crippen LogP contribution in [0.2, 0.25) is 0 Å². The lowest BCUT2D eigenvalue weighted by Gasteiger charge is -2.17. The van der Waals surface area contributed by atoms with Crippen LogP contribution in [0.25, 0.3) is 0 Å². The van der Waals surface area contributed by atoms with Crippen molar-refractivity contribution in [3.05, 3.63) is 77.7 Å². The molecule has 154 valence electrons. The van der Waals surface area contributed by atoms with Gasteiger partial charge in [-0.15, -0.1) is 5.10 Å². The molecule has 1 aromatic carbocycles. The van der Waals surface area contributed by atoms with E-state index in [4.69, 9.17) is 10.3 Å². The molecular weight excluding hydrogens is 364 g/mol. The van der Waals surface area contributed by atoms with E-state index in [0.717, 1.165) is 36.7 Å². The molecule has 0 aliphatic rings. The minimum absolute atomic E-state index is 0.185. The average molecular weight is 395 g/mol. The van der Waals surface area contributed by atoms with Crippen LogP contribution in [0.3, 0.4) is 0 Å². The van der Waals surface area contributed by atoms with Crippen molar-refractivity contribution in [2.75, 3.05) is 5.01 Å². The van der Waals surface area contributed by atoms with E-state index >= 15 is 0 Å². The summed E-state index contributed by atoms with van der Waals surface area (Å²) in [7, 11) is 0. The highest BCUT2D eigenvalue weighted by atomic mass is 16.4. The van der Waals surface area contributed by atoms with E-state index in [9.17, 15) is 4.79 Å². The van der Waals surface area contributed by atoms with Crippen molar-refractivity contribution in [3.8, 4) is 0 Å². The molecule has 2 N–H and O–H groups in total. The molecule has 0 saturated carbocycles. The van der Waals surface area contributed by atoms with Gasteiger partial charge in [-0.3, -0.25) is 9.80 Å². The molecule has 1 aromatic heterocycles. The molecule has 6 nitrogen and oxygen atoms in total. The monoisotopic (exact) mass is 394 g/mol. The van der Waals surface area contributed by atoms with E-state index in [-0.39, 0.29) is 11.9 Å². The number of carbonyl (C=O) groups excluding carboxylic acids is 1. The van der Waals surface area contributed by atoms with Gasteiger partial charge in [-0.05, 0) is 42.9 Å². The van der Waals surface area contributed by atoms with Gasteiger partial charge in [-0.2, -0.15) is 0 Å². The first kappa shape index (κ1) is 22.3. The lowest BCUT2D eigenvalue weighted by Crippen LogP contribution is -2.30. The van der Waals surface area contributed by atoms with Crippen LogP contribution in [0, 0.1) is 0 Å². The Morgan fingerprint density at radius 2 is 2.07 bits per heavy atom. The second-order valence-corrected chi connectivity index (χ2v) is 6.79. The van der Waals surface area contributed by atoms with Gasteiger partial charge in [0.2, 0.25) is 5.89 Å². The normalized spacial score (nSPS) is 13.2. The maximum absolute atomic E-state index is 11.7. The predicted molar refractivity (Wildman–Crippen MR) is 116 cm³/mol. The highest BCUT2D eigenvalue weighted by molar-refractivity contribution is 5.76. The molecule has 0 aliphatic heterocycles. The Morgan fingerprint density at radius 3 is 2.69 bits per heavy atom. The van der Waals surface area contributed by atoms with E-state index in [0.29, 0.717) is 24.4 Å². The highest BCUT2D eigenvalue weighted by Gasteiger charge is 2.24. The number of rotatable bonds is 12. The van der Waals surface area contributed by atoms with Gasteiger partial charge in [-0.1, -0.05) is 73.6 Å². The predicted octanol–water partition coefficient (Wildman–Crippen LogP) is 4.87. The SMILES string of the molecule is C=C/C(=C(/C=O)CC/C=C\C)C(CCC)c1nnc(N(N)Cc2ccccc2)o1. The number of aromatic nitrogens is 2. The first-order valence-electron chi connectivity index (χ1n) is 9.95. The Hall–Kier alpha value is -2.99. The molecule has 0 spiro atoms. The molecule has 0 bridgehead atoms. The second-order valence-electron chi connectivity index (χ2n) is 6.79. The molecule has 6 heteroatoms. The first-order chi connectivity index (χ1) is 14.1. The summed E-state index contributed by atoms with van der Waals surface area (Å²) in [5.41, 5.74) is 2.59. The number of allylic oxidation sites excluding steroid dienone is 5. The molecule has 2 aromatic rings. The Labute approximate surface area is 172 Å². The highest BCUT2D eigenvalue weighted by Crippen LogP contribution is 2.33. The van der Waals surface area contributed by atoms with E-state index in [1.54, 1.807) is 6.08 Å². The molecule has 0 fully saturated rings. The van der Waals surface area contributed by atoms with Crippen LogP contribution < -0.4 is 10.9 Å². The summed E-state index contributed by atoms with van der Waals surface area (Å²) < 4.78 is 5.90. The van der Waals surface area contributed by atoms with Crippen LogP contribution in [0.15, 0.2) is 70.7 Å². The van der Waals surface area contributed by atoms with E-state index in [2.05, 4.69) is 23.7 Å². The number of hydrazine groups is 1. The van der Waals surface area contributed by atoms with Gasteiger partial charge >= 0.3 is 6.01 Å². The molecule has 0 saturated heterocycles. The number of carbonyl (C=O) groups is 1. The molecule has 1 unspecified atom stereocenters. The average Bonchev–Trinajstić information content (AvgIpc) is 3.23. The Bertz CT molecular complexity index is 840. The summed E-state index contributed by atoms with van der Waals surface area (Å²) in [6.45, 7) is 8.42. The zero-order chi connectivity index (χ0) is 21.1. The summed E-state index contributed by atoms with van der Waals surface area (Å²) >= 11 is 0. The largest absolute Gasteiger partial charge is 0.406 e. The summed E-state index contributed by atoms with van der Waals surface area (Å²) in [5, 5.41) is 9.78. The topological polar surface area (TPSA) is 85.2 Å². The number of hydrogen-bond donors (Lipinski definition) is 1. The number of nitrogens with zero attached hydrogens (tertiary/aromatic N) is 3. The maximum atomic E-state index is 11.7. The fourth-order valence-corrected chi connectivity index (χ4v) is 3.21. The first-order valence-corrected chi connectivity index (χ1v) is 9.95. The Balaban J connectivity index is 2.27. The summed E-state index contributed by atoms with van der Waals surface area (Å²) in [6, 6.07) is 10.1. The number of benzene rings is 1. The standard InChI is InChI=1S/C23H30N4O2/c1-4-7-9-15-19(17-28)20(6-3)21(12-5-2)22-25-26-23(29-22)27(24)16-18-13-10-8-11-14-18/h4,6-8,10-11,13-14,17,21H,3,5,9,12,15-16,24H2,1-2H3/b7-4-,20-19-. The second kappa shape index (κ2) is 11.8. The number of anilines is 1. The molecule has 0 radical (unpaired) electrons. The van der Waals surface area contributed by atoms with Crippen LogP contribution in [0.4, 0.5) is 6.01 Å². The zero-order valence-electron chi connectivity index (χ0n) is 17.3. The van der Waals surface area contributed by atoms with Crippen molar-refractivity contribution < 1.29 is 9.21 Å². The summed E-state index contributed by atoms with van der Waals surface area (Å²) in [4.78, 5) is 11.7. The fraction of sp³-hybridized carbons (Fsp3) is 0.348. The van der Waals surface area contributed by atoms with Crippen molar-refractivity contribution in [1.82, 2.24) is 10.2 Å². The van der Waals surface area contributed by atoms with Gasteiger partial charge in [0.25, 0.3) is 0 Å². The maximum Gasteiger partial charge on any atom is 0.333 e. The third-order valence-electron chi connectivity index (χ3n) is 4.67. The zero-order valence-corrected chi connectivity index (χ0v) is 17.3. The van der Waals surface area contributed by atoms with Crippen LogP contribution in [-0.2, 0) is 11.3 Å². The van der Waals surface area contributed by atoms with E-state index < -0.39 is 0 Å². The Morgan fingerprint density at radius 1 is 1.31 bits per heavy atom. The smallest absolute Gasteiger partial charge is 0.333 e. The van der Waals surface area contributed by atoms with Crippen LogP contribution in [-0.4, -0.2) is 16.5 Å². The van der Waals surface area contributed by atoms with Gasteiger partial charge in [0.15, 0.2) is 0 Å². The van der Waals surface area contributed by atoms with E-state index in [1.807, 2.05) is 49.4 Å². The Kier molecular flexibility index (Phi) is 9.05. The quantitative estimate of drug-likeness (QED) is 0.138. The number of hydrogen-bond acceptors (Lipinski definition) is 6. The van der Waals surface area contributed by atoms with Crippen molar-refractivity contribution in [2.24, 2.45) is 5.84 Å². The molecule has 29 heavy (non-hydrogen) atoms. The van der Waals surface area contributed by atoms with E-state index in [1.165, 1.54) is 5.01 Å².